The Morgan fingerprint density at radius 2 is 2.25 bits per heavy atom. The third-order valence-electron chi connectivity index (χ3n) is 2.38. The molecule has 16 heavy (non-hydrogen) atoms. The fourth-order valence-electron chi connectivity index (χ4n) is 1.69. The second-order valence-corrected chi connectivity index (χ2v) is 3.78. The van der Waals surface area contributed by atoms with Crippen LogP contribution in [-0.2, 0) is 20.9 Å². The second-order valence-electron chi connectivity index (χ2n) is 3.78. The lowest BCUT2D eigenvalue weighted by atomic mass is 10.2. The van der Waals surface area contributed by atoms with Crippen molar-refractivity contribution >= 4 is 5.97 Å². The second kappa shape index (κ2) is 5.09. The standard InChI is InChI=1S/C12H15NO3/c1-10(14)15-12-7-8-13(16-12)9-11-5-3-2-4-6-11/h2-6,12H,7-9H2,1H3. The highest BCUT2D eigenvalue weighted by Gasteiger charge is 2.25. The Kier molecular flexibility index (Phi) is 3.54. The summed E-state index contributed by atoms with van der Waals surface area (Å²) in [5.41, 5.74) is 1.19. The summed E-state index contributed by atoms with van der Waals surface area (Å²) in [4.78, 5) is 16.2. The predicted molar refractivity (Wildman–Crippen MR) is 58.1 cm³/mol. The van der Waals surface area contributed by atoms with Crippen molar-refractivity contribution < 1.29 is 14.4 Å². The number of benzene rings is 1. The van der Waals surface area contributed by atoms with E-state index in [-0.39, 0.29) is 5.97 Å². The molecule has 1 aromatic rings. The van der Waals surface area contributed by atoms with Crippen molar-refractivity contribution in [3.8, 4) is 0 Å². The molecule has 4 nitrogen and oxygen atoms in total. The van der Waals surface area contributed by atoms with Crippen LogP contribution >= 0.6 is 0 Å². The van der Waals surface area contributed by atoms with Gasteiger partial charge in [0.05, 0.1) is 0 Å². The average molecular weight is 221 g/mol. The topological polar surface area (TPSA) is 38.8 Å². The number of carbonyl (C=O) groups excluding carboxylic acids is 1. The highest BCUT2D eigenvalue weighted by Crippen LogP contribution is 2.17. The van der Waals surface area contributed by atoms with Gasteiger partial charge in [-0.1, -0.05) is 30.3 Å². The predicted octanol–water partition coefficient (Wildman–Crippen LogP) is 1.71. The average Bonchev–Trinajstić information content (AvgIpc) is 2.66. The lowest BCUT2D eigenvalue weighted by molar-refractivity contribution is -0.232. The molecule has 1 unspecified atom stereocenters. The third kappa shape index (κ3) is 3.05. The first-order valence-electron chi connectivity index (χ1n) is 5.37. The molecule has 1 aliphatic heterocycles. The lowest BCUT2D eigenvalue weighted by Crippen LogP contribution is -2.21. The van der Waals surface area contributed by atoms with Crippen LogP contribution < -0.4 is 0 Å². The van der Waals surface area contributed by atoms with Gasteiger partial charge in [-0.3, -0.25) is 9.63 Å². The Morgan fingerprint density at radius 3 is 2.94 bits per heavy atom. The van der Waals surface area contributed by atoms with Gasteiger partial charge < -0.3 is 4.74 Å². The molecule has 2 rings (SSSR count). The molecule has 0 spiro atoms. The molecule has 0 aromatic heterocycles. The van der Waals surface area contributed by atoms with Gasteiger partial charge in [0.15, 0.2) is 0 Å². The molecule has 4 heteroatoms. The van der Waals surface area contributed by atoms with Crippen LogP contribution in [-0.4, -0.2) is 23.9 Å². The van der Waals surface area contributed by atoms with Crippen LogP contribution in [0.4, 0.5) is 0 Å². The third-order valence-corrected chi connectivity index (χ3v) is 2.38. The van der Waals surface area contributed by atoms with E-state index in [9.17, 15) is 4.79 Å². The summed E-state index contributed by atoms with van der Waals surface area (Å²) in [6, 6.07) is 10.1. The van der Waals surface area contributed by atoms with Crippen LogP contribution in [0.3, 0.4) is 0 Å². The van der Waals surface area contributed by atoms with Gasteiger partial charge in [-0.05, 0) is 5.56 Å². The number of nitrogens with zero attached hydrogens (tertiary/aromatic N) is 1. The first-order chi connectivity index (χ1) is 7.74. The van der Waals surface area contributed by atoms with Gasteiger partial charge in [-0.2, -0.15) is 5.06 Å². The highest BCUT2D eigenvalue weighted by atomic mass is 16.8. The molecule has 1 fully saturated rings. The number of hydrogen-bond donors (Lipinski definition) is 0. The Morgan fingerprint density at radius 1 is 1.50 bits per heavy atom. The SMILES string of the molecule is CC(=O)OC1CCN(Cc2ccccc2)O1. The fourth-order valence-corrected chi connectivity index (χ4v) is 1.69. The zero-order valence-electron chi connectivity index (χ0n) is 9.26. The normalized spacial score (nSPS) is 20.9. The number of esters is 1. The summed E-state index contributed by atoms with van der Waals surface area (Å²) < 4.78 is 4.98. The minimum atomic E-state index is -0.416. The van der Waals surface area contributed by atoms with Crippen molar-refractivity contribution in [2.45, 2.75) is 26.2 Å². The van der Waals surface area contributed by atoms with E-state index in [4.69, 9.17) is 9.57 Å². The summed E-state index contributed by atoms with van der Waals surface area (Å²) in [7, 11) is 0. The fraction of sp³-hybridized carbons (Fsp3) is 0.417. The molecule has 1 aromatic carbocycles. The molecule has 86 valence electrons. The van der Waals surface area contributed by atoms with Crippen molar-refractivity contribution in [1.82, 2.24) is 5.06 Å². The molecule has 0 aliphatic carbocycles. The van der Waals surface area contributed by atoms with Gasteiger partial charge >= 0.3 is 5.97 Å². The van der Waals surface area contributed by atoms with Gasteiger partial charge in [-0.25, -0.2) is 0 Å². The van der Waals surface area contributed by atoms with Crippen molar-refractivity contribution in [3.63, 3.8) is 0 Å². The van der Waals surface area contributed by atoms with Gasteiger partial charge in [0.1, 0.15) is 0 Å². The molecule has 1 atom stereocenters. The minimum Gasteiger partial charge on any atom is -0.434 e. The number of rotatable bonds is 3. The Bertz CT molecular complexity index is 353. The van der Waals surface area contributed by atoms with Crippen LogP contribution in [0.15, 0.2) is 30.3 Å². The van der Waals surface area contributed by atoms with Crippen LogP contribution in [0, 0.1) is 0 Å². The lowest BCUT2D eigenvalue weighted by Gasteiger charge is -2.15. The highest BCUT2D eigenvalue weighted by molar-refractivity contribution is 5.66. The molecular formula is C12H15NO3. The number of hydrogen-bond acceptors (Lipinski definition) is 4. The maximum Gasteiger partial charge on any atom is 0.304 e. The van der Waals surface area contributed by atoms with E-state index in [0.717, 1.165) is 19.5 Å². The Balaban J connectivity index is 1.83. The smallest absolute Gasteiger partial charge is 0.304 e. The number of hydroxylamine groups is 2. The van der Waals surface area contributed by atoms with Gasteiger partial charge in [0, 0.05) is 26.4 Å². The molecule has 0 radical (unpaired) electrons. The van der Waals surface area contributed by atoms with Crippen molar-refractivity contribution in [1.29, 1.82) is 0 Å². The number of carbonyl (C=O) groups is 1. The van der Waals surface area contributed by atoms with Crippen molar-refractivity contribution in [2.24, 2.45) is 0 Å². The van der Waals surface area contributed by atoms with Gasteiger partial charge in [0.25, 0.3) is 0 Å². The zero-order valence-corrected chi connectivity index (χ0v) is 9.26. The molecule has 0 amide bonds. The summed E-state index contributed by atoms with van der Waals surface area (Å²) in [6.07, 6.45) is 0.313. The number of ether oxygens (including phenoxy) is 1. The quantitative estimate of drug-likeness (QED) is 0.728. The van der Waals surface area contributed by atoms with E-state index in [1.807, 2.05) is 35.4 Å². The van der Waals surface area contributed by atoms with E-state index in [2.05, 4.69) is 0 Å². The zero-order chi connectivity index (χ0) is 11.4. The van der Waals surface area contributed by atoms with Crippen LogP contribution in [0.5, 0.6) is 0 Å². The first kappa shape index (κ1) is 11.1. The van der Waals surface area contributed by atoms with Crippen LogP contribution in [0.2, 0.25) is 0 Å². The van der Waals surface area contributed by atoms with Crippen molar-refractivity contribution in [2.75, 3.05) is 6.54 Å². The van der Waals surface area contributed by atoms with Gasteiger partial charge in [-0.15, -0.1) is 0 Å². The molecule has 0 bridgehead atoms. The molecule has 0 N–H and O–H groups in total. The van der Waals surface area contributed by atoms with Crippen molar-refractivity contribution in [3.05, 3.63) is 35.9 Å². The monoisotopic (exact) mass is 221 g/mol. The van der Waals surface area contributed by atoms with E-state index < -0.39 is 6.29 Å². The van der Waals surface area contributed by atoms with E-state index in [0.29, 0.717) is 0 Å². The van der Waals surface area contributed by atoms with Gasteiger partial charge in [0.2, 0.25) is 6.29 Å². The van der Waals surface area contributed by atoms with E-state index >= 15 is 0 Å². The molecular weight excluding hydrogens is 206 g/mol. The maximum atomic E-state index is 10.7. The van der Waals surface area contributed by atoms with E-state index in [1.54, 1.807) is 0 Å². The molecule has 0 saturated carbocycles. The Hall–Kier alpha value is -1.39. The van der Waals surface area contributed by atoms with E-state index in [1.165, 1.54) is 12.5 Å². The first-order valence-corrected chi connectivity index (χ1v) is 5.37. The maximum absolute atomic E-state index is 10.7. The summed E-state index contributed by atoms with van der Waals surface area (Å²) >= 11 is 0. The summed E-state index contributed by atoms with van der Waals surface area (Å²) in [5.74, 6) is -0.299. The molecule has 1 heterocycles. The molecule has 1 saturated heterocycles. The largest absolute Gasteiger partial charge is 0.434 e. The molecule has 1 aliphatic rings. The van der Waals surface area contributed by atoms with Crippen LogP contribution in [0.1, 0.15) is 18.9 Å². The van der Waals surface area contributed by atoms with Crippen LogP contribution in [0.25, 0.3) is 0 Å². The minimum absolute atomic E-state index is 0.299. The Labute approximate surface area is 94.7 Å². The summed E-state index contributed by atoms with van der Waals surface area (Å²) in [5, 5.41) is 1.82. The summed E-state index contributed by atoms with van der Waals surface area (Å²) in [6.45, 7) is 2.90.